The van der Waals surface area contributed by atoms with E-state index in [2.05, 4.69) is 5.32 Å². The van der Waals surface area contributed by atoms with E-state index in [0.717, 1.165) is 23.2 Å². The number of carbonyl (C=O) groups excluding carboxylic acids is 1. The van der Waals surface area contributed by atoms with E-state index in [0.29, 0.717) is 29.2 Å². The first-order valence-corrected chi connectivity index (χ1v) is 11.1. The second kappa shape index (κ2) is 9.82. The maximum Gasteiger partial charge on any atom is 0.272 e. The van der Waals surface area contributed by atoms with Crippen LogP contribution in [0.25, 0.3) is 0 Å². The van der Waals surface area contributed by atoms with Gasteiger partial charge in [-0.05, 0) is 55.3 Å². The number of nitrogens with zero attached hydrogens (tertiary/aromatic N) is 2. The van der Waals surface area contributed by atoms with Crippen LogP contribution >= 0.6 is 0 Å². The minimum absolute atomic E-state index is 0.00354. The number of para-hydroxylation sites is 1. The SMILES string of the molecule is CCCN1C(=O)c2ccccc2N[C@@H]1c1ccc(OC)c(COc2ccc([N+](=O)[O-])c(C)c2)c1. The van der Waals surface area contributed by atoms with Crippen molar-refractivity contribution in [3.63, 3.8) is 0 Å². The zero-order valence-electron chi connectivity index (χ0n) is 19.4. The van der Waals surface area contributed by atoms with Gasteiger partial charge in [-0.1, -0.05) is 25.1 Å². The van der Waals surface area contributed by atoms with Crippen LogP contribution in [0.15, 0.2) is 60.7 Å². The van der Waals surface area contributed by atoms with Gasteiger partial charge in [0.1, 0.15) is 24.3 Å². The van der Waals surface area contributed by atoms with E-state index in [-0.39, 0.29) is 24.4 Å². The van der Waals surface area contributed by atoms with Crippen LogP contribution in [0.3, 0.4) is 0 Å². The fourth-order valence-corrected chi connectivity index (χ4v) is 4.19. The highest BCUT2D eigenvalue weighted by atomic mass is 16.6. The molecule has 0 aliphatic carbocycles. The van der Waals surface area contributed by atoms with Crippen LogP contribution < -0.4 is 14.8 Å². The molecule has 0 fully saturated rings. The fourth-order valence-electron chi connectivity index (χ4n) is 4.19. The Morgan fingerprint density at radius 2 is 1.91 bits per heavy atom. The molecular formula is C26H27N3O5. The largest absolute Gasteiger partial charge is 0.496 e. The Hall–Kier alpha value is -4.07. The second-order valence-electron chi connectivity index (χ2n) is 8.16. The predicted octanol–water partition coefficient (Wildman–Crippen LogP) is 5.47. The summed E-state index contributed by atoms with van der Waals surface area (Å²) in [7, 11) is 1.59. The maximum atomic E-state index is 13.2. The minimum atomic E-state index is -0.412. The average Bonchev–Trinajstić information content (AvgIpc) is 2.84. The zero-order chi connectivity index (χ0) is 24.2. The summed E-state index contributed by atoms with van der Waals surface area (Å²) in [4.78, 5) is 25.7. The summed E-state index contributed by atoms with van der Waals surface area (Å²) < 4.78 is 11.5. The van der Waals surface area contributed by atoms with Crippen molar-refractivity contribution in [2.24, 2.45) is 0 Å². The van der Waals surface area contributed by atoms with Gasteiger partial charge in [-0.3, -0.25) is 14.9 Å². The van der Waals surface area contributed by atoms with Crippen molar-refractivity contribution in [2.45, 2.75) is 33.0 Å². The summed E-state index contributed by atoms with van der Waals surface area (Å²) in [5.41, 5.74) is 3.77. The molecule has 0 aromatic heterocycles. The van der Waals surface area contributed by atoms with E-state index in [4.69, 9.17) is 9.47 Å². The Labute approximate surface area is 198 Å². The van der Waals surface area contributed by atoms with Gasteiger partial charge in [0.25, 0.3) is 11.6 Å². The Morgan fingerprint density at radius 3 is 2.62 bits per heavy atom. The first-order valence-electron chi connectivity index (χ1n) is 11.1. The molecule has 4 rings (SSSR count). The molecule has 0 radical (unpaired) electrons. The number of fused-ring (bicyclic) bond motifs is 1. The standard InChI is InChI=1S/C26H27N3O5/c1-4-13-28-25(27-22-8-6-5-7-21(22)26(28)30)18-9-12-24(33-3)19(15-18)16-34-20-10-11-23(29(31)32)17(2)14-20/h5-12,14-15,25,27H,4,13,16H2,1-3H3/t25-/m0/s1. The first kappa shape index (κ1) is 23.1. The van der Waals surface area contributed by atoms with E-state index in [9.17, 15) is 14.9 Å². The molecule has 8 heteroatoms. The van der Waals surface area contributed by atoms with Crippen molar-refractivity contribution in [3.05, 3.63) is 93.0 Å². The second-order valence-corrected chi connectivity index (χ2v) is 8.16. The lowest BCUT2D eigenvalue weighted by atomic mass is 10.0. The van der Waals surface area contributed by atoms with Crippen molar-refractivity contribution in [3.8, 4) is 11.5 Å². The van der Waals surface area contributed by atoms with Crippen molar-refractivity contribution in [1.29, 1.82) is 0 Å². The predicted molar refractivity (Wildman–Crippen MR) is 129 cm³/mol. The molecule has 1 N–H and O–H groups in total. The highest BCUT2D eigenvalue weighted by Gasteiger charge is 2.32. The van der Waals surface area contributed by atoms with Crippen molar-refractivity contribution in [2.75, 3.05) is 19.0 Å². The number of aryl methyl sites for hydroxylation is 1. The molecule has 3 aromatic rings. The van der Waals surface area contributed by atoms with Crippen LogP contribution in [0, 0.1) is 17.0 Å². The summed E-state index contributed by atoms with van der Waals surface area (Å²) in [5, 5.41) is 14.6. The molecule has 0 unspecified atom stereocenters. The molecule has 8 nitrogen and oxygen atoms in total. The van der Waals surface area contributed by atoms with Gasteiger partial charge < -0.3 is 19.7 Å². The van der Waals surface area contributed by atoms with E-state index < -0.39 is 4.92 Å². The molecule has 34 heavy (non-hydrogen) atoms. The van der Waals surface area contributed by atoms with E-state index >= 15 is 0 Å². The molecule has 0 saturated heterocycles. The monoisotopic (exact) mass is 461 g/mol. The third-order valence-electron chi connectivity index (χ3n) is 5.87. The number of rotatable bonds is 8. The normalized spacial score (nSPS) is 14.9. The Kier molecular flexibility index (Phi) is 6.67. The highest BCUT2D eigenvalue weighted by Crippen LogP contribution is 2.35. The lowest BCUT2D eigenvalue weighted by molar-refractivity contribution is -0.385. The van der Waals surface area contributed by atoms with E-state index in [1.165, 1.54) is 6.07 Å². The smallest absolute Gasteiger partial charge is 0.272 e. The third-order valence-corrected chi connectivity index (χ3v) is 5.87. The lowest BCUT2D eigenvalue weighted by Gasteiger charge is -2.38. The molecule has 3 aromatic carbocycles. The Morgan fingerprint density at radius 1 is 1.12 bits per heavy atom. The molecule has 0 spiro atoms. The topological polar surface area (TPSA) is 93.9 Å². The van der Waals surface area contributed by atoms with Crippen LogP contribution in [0.5, 0.6) is 11.5 Å². The molecule has 0 saturated carbocycles. The number of benzene rings is 3. The Bertz CT molecular complexity index is 1230. The van der Waals surface area contributed by atoms with Gasteiger partial charge >= 0.3 is 0 Å². The number of carbonyl (C=O) groups is 1. The molecule has 0 bridgehead atoms. The summed E-state index contributed by atoms with van der Waals surface area (Å²) in [5.74, 6) is 1.19. The van der Waals surface area contributed by atoms with Crippen molar-refractivity contribution >= 4 is 17.3 Å². The van der Waals surface area contributed by atoms with Gasteiger partial charge in [0.05, 0.1) is 17.6 Å². The van der Waals surface area contributed by atoms with Gasteiger partial charge in [-0.2, -0.15) is 0 Å². The highest BCUT2D eigenvalue weighted by molar-refractivity contribution is 6.01. The molecule has 1 heterocycles. The summed E-state index contributed by atoms with van der Waals surface area (Å²) >= 11 is 0. The number of amides is 1. The van der Waals surface area contributed by atoms with E-state index in [1.54, 1.807) is 26.2 Å². The van der Waals surface area contributed by atoms with Crippen molar-refractivity contribution < 1.29 is 19.2 Å². The van der Waals surface area contributed by atoms with Gasteiger partial charge in [0.15, 0.2) is 0 Å². The number of nitrogens with one attached hydrogen (secondary N) is 1. The van der Waals surface area contributed by atoms with Gasteiger partial charge in [-0.15, -0.1) is 0 Å². The number of anilines is 1. The molecule has 1 amide bonds. The number of nitro benzene ring substituents is 1. The molecule has 1 atom stereocenters. The molecular weight excluding hydrogens is 434 g/mol. The van der Waals surface area contributed by atoms with Gasteiger partial charge in [0, 0.05) is 29.4 Å². The lowest BCUT2D eigenvalue weighted by Crippen LogP contribution is -2.43. The van der Waals surface area contributed by atoms with Crippen LogP contribution in [-0.4, -0.2) is 29.4 Å². The fraction of sp³-hybridized carbons (Fsp3) is 0.269. The quantitative estimate of drug-likeness (QED) is 0.353. The zero-order valence-corrected chi connectivity index (χ0v) is 19.4. The summed E-state index contributed by atoms with van der Waals surface area (Å²) in [6, 6.07) is 18.0. The van der Waals surface area contributed by atoms with Crippen LogP contribution in [-0.2, 0) is 6.61 Å². The number of ether oxygens (including phenoxy) is 2. The number of nitro groups is 1. The minimum Gasteiger partial charge on any atom is -0.496 e. The van der Waals surface area contributed by atoms with Crippen LogP contribution in [0.4, 0.5) is 11.4 Å². The molecule has 1 aliphatic rings. The number of methoxy groups -OCH3 is 1. The first-order chi connectivity index (χ1) is 16.4. The number of hydrogen-bond donors (Lipinski definition) is 1. The van der Waals surface area contributed by atoms with Crippen molar-refractivity contribution in [1.82, 2.24) is 4.90 Å². The Balaban J connectivity index is 1.62. The molecule has 176 valence electrons. The van der Waals surface area contributed by atoms with E-state index in [1.807, 2.05) is 54.3 Å². The van der Waals surface area contributed by atoms with Crippen LogP contribution in [0.1, 0.15) is 46.6 Å². The van der Waals surface area contributed by atoms with Gasteiger partial charge in [-0.25, -0.2) is 0 Å². The van der Waals surface area contributed by atoms with Gasteiger partial charge in [0.2, 0.25) is 0 Å². The summed E-state index contributed by atoms with van der Waals surface area (Å²) in [6.45, 7) is 4.55. The summed E-state index contributed by atoms with van der Waals surface area (Å²) in [6.07, 6.45) is 0.506. The third kappa shape index (κ3) is 4.52. The maximum absolute atomic E-state index is 13.2. The number of hydrogen-bond acceptors (Lipinski definition) is 6. The average molecular weight is 462 g/mol. The van der Waals surface area contributed by atoms with Crippen LogP contribution in [0.2, 0.25) is 0 Å². The molecule has 1 aliphatic heterocycles.